The number of aromatic nitrogens is 2. The first-order valence-corrected chi connectivity index (χ1v) is 5.95. The number of anilines is 1. The van der Waals surface area contributed by atoms with Gasteiger partial charge in [-0.1, -0.05) is 12.1 Å². The fraction of sp³-hybridized carbons (Fsp3) is 0.231. The highest BCUT2D eigenvalue weighted by atomic mass is 16.6. The Hall–Kier alpha value is -2.70. The maximum absolute atomic E-state index is 11.0. The van der Waals surface area contributed by atoms with Crippen molar-refractivity contribution in [1.82, 2.24) is 9.97 Å². The smallest absolute Gasteiger partial charge is 0.349 e. The van der Waals surface area contributed by atoms with Gasteiger partial charge in [-0.3, -0.25) is 10.1 Å². The molecule has 0 bridgehead atoms. The van der Waals surface area contributed by atoms with Crippen molar-refractivity contribution in [3.8, 4) is 11.6 Å². The number of nitrogens with zero attached hydrogens (tertiary/aromatic N) is 3. The summed E-state index contributed by atoms with van der Waals surface area (Å²) in [5, 5.41) is 13.7. The molecule has 0 unspecified atom stereocenters. The standard InChI is InChI=1S/C13H14N4O3/c1-8-4-5-9(2)11(6-8)20-12-10(17(18)19)7-15-13(14-3)16-12/h4-7H,1-3H3,(H,14,15,16). The van der Waals surface area contributed by atoms with Crippen molar-refractivity contribution >= 4 is 11.6 Å². The molecule has 0 aliphatic heterocycles. The minimum Gasteiger partial charge on any atom is -0.433 e. The van der Waals surface area contributed by atoms with E-state index in [4.69, 9.17) is 4.74 Å². The zero-order chi connectivity index (χ0) is 14.7. The molecule has 0 radical (unpaired) electrons. The highest BCUT2D eigenvalue weighted by molar-refractivity contribution is 5.47. The minimum absolute atomic E-state index is 0.0805. The Balaban J connectivity index is 2.45. The third-order valence-electron chi connectivity index (χ3n) is 2.71. The summed E-state index contributed by atoms with van der Waals surface area (Å²) >= 11 is 0. The first-order valence-electron chi connectivity index (χ1n) is 5.95. The van der Waals surface area contributed by atoms with Crippen LogP contribution in [0.4, 0.5) is 11.6 Å². The van der Waals surface area contributed by atoms with Gasteiger partial charge in [0.1, 0.15) is 11.9 Å². The van der Waals surface area contributed by atoms with Crippen molar-refractivity contribution in [3.63, 3.8) is 0 Å². The summed E-state index contributed by atoms with van der Waals surface area (Å²) in [6.07, 6.45) is 1.12. The highest BCUT2D eigenvalue weighted by Crippen LogP contribution is 2.31. The van der Waals surface area contributed by atoms with Crippen LogP contribution >= 0.6 is 0 Å². The number of hydrogen-bond donors (Lipinski definition) is 1. The van der Waals surface area contributed by atoms with Crippen LogP contribution in [0, 0.1) is 24.0 Å². The predicted octanol–water partition coefficient (Wildman–Crippen LogP) is 2.84. The first-order chi connectivity index (χ1) is 9.51. The number of benzene rings is 1. The Labute approximate surface area is 115 Å². The van der Waals surface area contributed by atoms with E-state index in [1.807, 2.05) is 26.0 Å². The second-order valence-electron chi connectivity index (χ2n) is 4.26. The van der Waals surface area contributed by atoms with E-state index >= 15 is 0 Å². The molecule has 1 aromatic carbocycles. The molecule has 0 spiro atoms. The molecular formula is C13H14N4O3. The molecule has 1 aromatic heterocycles. The Morgan fingerprint density at radius 2 is 2.10 bits per heavy atom. The lowest BCUT2D eigenvalue weighted by molar-refractivity contribution is -0.386. The molecule has 7 nitrogen and oxygen atoms in total. The van der Waals surface area contributed by atoms with Gasteiger partial charge in [0.05, 0.1) is 4.92 Å². The lowest BCUT2D eigenvalue weighted by Gasteiger charge is -2.09. The van der Waals surface area contributed by atoms with Crippen molar-refractivity contribution in [2.24, 2.45) is 0 Å². The van der Waals surface area contributed by atoms with Gasteiger partial charge in [0.25, 0.3) is 0 Å². The fourth-order valence-electron chi connectivity index (χ4n) is 1.60. The molecule has 104 valence electrons. The van der Waals surface area contributed by atoms with Crippen LogP contribution in [0.5, 0.6) is 11.6 Å². The Kier molecular flexibility index (Phi) is 3.79. The average molecular weight is 274 g/mol. The molecule has 0 amide bonds. The van der Waals surface area contributed by atoms with Gasteiger partial charge in [0, 0.05) is 7.05 Å². The van der Waals surface area contributed by atoms with Crippen LogP contribution in [0.2, 0.25) is 0 Å². The quantitative estimate of drug-likeness (QED) is 0.681. The Bertz CT molecular complexity index is 658. The second-order valence-corrected chi connectivity index (χ2v) is 4.26. The van der Waals surface area contributed by atoms with Gasteiger partial charge in [0.15, 0.2) is 0 Å². The molecule has 0 atom stereocenters. The number of nitro groups is 1. The number of aryl methyl sites for hydroxylation is 2. The van der Waals surface area contributed by atoms with Gasteiger partial charge in [0.2, 0.25) is 5.95 Å². The average Bonchev–Trinajstić information content (AvgIpc) is 2.42. The van der Waals surface area contributed by atoms with Crippen molar-refractivity contribution in [2.45, 2.75) is 13.8 Å². The van der Waals surface area contributed by atoms with E-state index in [2.05, 4.69) is 15.3 Å². The summed E-state index contributed by atoms with van der Waals surface area (Å²) in [6.45, 7) is 3.78. The van der Waals surface area contributed by atoms with Gasteiger partial charge >= 0.3 is 11.6 Å². The number of nitrogens with one attached hydrogen (secondary N) is 1. The van der Waals surface area contributed by atoms with Crippen molar-refractivity contribution in [2.75, 3.05) is 12.4 Å². The molecule has 1 N–H and O–H groups in total. The summed E-state index contributed by atoms with van der Waals surface area (Å²) in [5.41, 5.74) is 1.59. The summed E-state index contributed by atoms with van der Waals surface area (Å²) < 4.78 is 5.59. The molecule has 0 saturated carbocycles. The van der Waals surface area contributed by atoms with Crippen LogP contribution in [0.1, 0.15) is 11.1 Å². The third-order valence-corrected chi connectivity index (χ3v) is 2.71. The third kappa shape index (κ3) is 2.82. The lowest BCUT2D eigenvalue weighted by Crippen LogP contribution is -2.02. The van der Waals surface area contributed by atoms with E-state index in [0.717, 1.165) is 17.3 Å². The van der Waals surface area contributed by atoms with E-state index in [0.29, 0.717) is 5.75 Å². The van der Waals surface area contributed by atoms with E-state index in [-0.39, 0.29) is 17.5 Å². The Morgan fingerprint density at radius 1 is 1.35 bits per heavy atom. The summed E-state index contributed by atoms with van der Waals surface area (Å²) in [4.78, 5) is 18.2. The van der Waals surface area contributed by atoms with Crippen LogP contribution in [-0.4, -0.2) is 21.9 Å². The zero-order valence-electron chi connectivity index (χ0n) is 11.4. The number of rotatable bonds is 4. The van der Waals surface area contributed by atoms with E-state index in [9.17, 15) is 10.1 Å². The zero-order valence-corrected chi connectivity index (χ0v) is 11.4. The van der Waals surface area contributed by atoms with E-state index in [1.54, 1.807) is 13.1 Å². The summed E-state index contributed by atoms with van der Waals surface area (Å²) in [5.74, 6) is 0.716. The van der Waals surface area contributed by atoms with E-state index < -0.39 is 4.92 Å². The van der Waals surface area contributed by atoms with Crippen molar-refractivity contribution < 1.29 is 9.66 Å². The fourth-order valence-corrected chi connectivity index (χ4v) is 1.60. The number of hydrogen-bond acceptors (Lipinski definition) is 6. The minimum atomic E-state index is -0.570. The normalized spacial score (nSPS) is 10.2. The first kappa shape index (κ1) is 13.7. The lowest BCUT2D eigenvalue weighted by atomic mass is 10.1. The largest absolute Gasteiger partial charge is 0.433 e. The maximum atomic E-state index is 11.0. The van der Waals surface area contributed by atoms with Gasteiger partial charge in [-0.25, -0.2) is 4.98 Å². The molecule has 2 rings (SSSR count). The van der Waals surface area contributed by atoms with Crippen molar-refractivity contribution in [1.29, 1.82) is 0 Å². The molecule has 20 heavy (non-hydrogen) atoms. The SMILES string of the molecule is CNc1ncc([N+](=O)[O-])c(Oc2cc(C)ccc2C)n1. The van der Waals surface area contributed by atoms with Gasteiger partial charge < -0.3 is 10.1 Å². The molecule has 7 heteroatoms. The number of ether oxygens (including phenoxy) is 1. The van der Waals surface area contributed by atoms with Crippen LogP contribution in [0.3, 0.4) is 0 Å². The van der Waals surface area contributed by atoms with Gasteiger partial charge in [-0.2, -0.15) is 4.98 Å². The molecular weight excluding hydrogens is 260 g/mol. The molecule has 0 saturated heterocycles. The predicted molar refractivity (Wildman–Crippen MR) is 74.2 cm³/mol. The second kappa shape index (κ2) is 5.52. The highest BCUT2D eigenvalue weighted by Gasteiger charge is 2.20. The van der Waals surface area contributed by atoms with Crippen LogP contribution in [0.15, 0.2) is 24.4 Å². The molecule has 0 fully saturated rings. The van der Waals surface area contributed by atoms with E-state index in [1.165, 1.54) is 0 Å². The molecule has 0 aliphatic carbocycles. The van der Waals surface area contributed by atoms with Crippen LogP contribution in [-0.2, 0) is 0 Å². The molecule has 0 aliphatic rings. The van der Waals surface area contributed by atoms with Crippen LogP contribution in [0.25, 0.3) is 0 Å². The molecule has 2 aromatic rings. The maximum Gasteiger partial charge on any atom is 0.349 e. The van der Waals surface area contributed by atoms with Gasteiger partial charge in [-0.05, 0) is 31.0 Å². The van der Waals surface area contributed by atoms with Crippen LogP contribution < -0.4 is 10.1 Å². The Morgan fingerprint density at radius 3 is 2.75 bits per heavy atom. The monoisotopic (exact) mass is 274 g/mol. The topological polar surface area (TPSA) is 90.2 Å². The summed E-state index contributed by atoms with van der Waals surface area (Å²) in [6, 6.07) is 5.63. The summed E-state index contributed by atoms with van der Waals surface area (Å²) in [7, 11) is 1.63. The van der Waals surface area contributed by atoms with Gasteiger partial charge in [-0.15, -0.1) is 0 Å². The molecule has 1 heterocycles. The van der Waals surface area contributed by atoms with Crippen molar-refractivity contribution in [3.05, 3.63) is 45.6 Å².